The van der Waals surface area contributed by atoms with Crippen LogP contribution in [0.2, 0.25) is 0 Å². The Bertz CT molecular complexity index is 1660. The molecule has 4 aliphatic heterocycles. The van der Waals surface area contributed by atoms with E-state index in [0.717, 1.165) is 69.7 Å². The standard InChI is InChI=1S/C32H36N6O4/c39-29-8-7-28(30(40)34-29)37-19-22-17-24(5-6-25(22)31(37)41)36-15-9-21(10-16-36)18-35-13-11-23(12-14-35)38-20-33-27-4-2-1-3-26(27)32(38)42/h1-6,17,20-21,23,28H,7-16,18-19H2,(H,34,39,40)/i1D. The van der Waals surface area contributed by atoms with E-state index in [1.54, 1.807) is 34.0 Å². The van der Waals surface area contributed by atoms with Crippen LogP contribution in [0.3, 0.4) is 0 Å². The molecule has 1 N–H and O–H groups in total. The first-order chi connectivity index (χ1) is 20.8. The van der Waals surface area contributed by atoms with Crippen LogP contribution in [-0.4, -0.2) is 75.8 Å². The van der Waals surface area contributed by atoms with E-state index in [2.05, 4.69) is 26.2 Å². The molecule has 10 nitrogen and oxygen atoms in total. The van der Waals surface area contributed by atoms with Gasteiger partial charge in [0.2, 0.25) is 11.8 Å². The Balaban J connectivity index is 0.918. The SMILES string of the molecule is [2H]c1ccc2ncn(C3CCN(CC4CCN(c5ccc6c(c5)CN(C5CCC(=O)NC5=O)C6=O)CC4)CC3)c(=O)c2c1. The fraction of sp³-hybridized carbons (Fsp3) is 0.469. The van der Waals surface area contributed by atoms with E-state index in [9.17, 15) is 19.2 Å². The lowest BCUT2D eigenvalue weighted by Crippen LogP contribution is -2.52. The summed E-state index contributed by atoms with van der Waals surface area (Å²) in [6.07, 6.45) is 6.32. The summed E-state index contributed by atoms with van der Waals surface area (Å²) >= 11 is 0. The Labute approximate surface area is 245 Å². The average molecular weight is 570 g/mol. The van der Waals surface area contributed by atoms with Crippen LogP contribution in [0.1, 0.15) is 61.9 Å². The molecule has 0 saturated carbocycles. The van der Waals surface area contributed by atoms with Crippen LogP contribution in [0.15, 0.2) is 53.6 Å². The van der Waals surface area contributed by atoms with Gasteiger partial charge in [-0.3, -0.25) is 29.1 Å². The molecule has 2 aromatic carbocycles. The largest absolute Gasteiger partial charge is 0.372 e. The lowest BCUT2D eigenvalue weighted by atomic mass is 9.94. The number of rotatable bonds is 5. The minimum Gasteiger partial charge on any atom is -0.372 e. The summed E-state index contributed by atoms with van der Waals surface area (Å²) in [5.41, 5.74) is 3.30. The molecule has 3 fully saturated rings. The van der Waals surface area contributed by atoms with Crippen molar-refractivity contribution < 1.29 is 15.8 Å². The number of fused-ring (bicyclic) bond motifs is 2. The number of hydrogen-bond acceptors (Lipinski definition) is 7. The van der Waals surface area contributed by atoms with Crippen molar-refractivity contribution in [3.05, 3.63) is 70.2 Å². The van der Waals surface area contributed by atoms with Crippen LogP contribution in [0.5, 0.6) is 0 Å². The predicted molar refractivity (Wildman–Crippen MR) is 158 cm³/mol. The van der Waals surface area contributed by atoms with Gasteiger partial charge in [-0.2, -0.15) is 0 Å². The molecule has 0 aliphatic carbocycles. The highest BCUT2D eigenvalue weighted by Gasteiger charge is 2.39. The van der Waals surface area contributed by atoms with E-state index in [1.807, 2.05) is 12.1 Å². The molecule has 0 bridgehead atoms. The number of imide groups is 1. The first-order valence-electron chi connectivity index (χ1n) is 15.6. The molecule has 4 aliphatic rings. The molecular weight excluding hydrogens is 532 g/mol. The number of para-hydroxylation sites is 1. The van der Waals surface area contributed by atoms with Gasteiger partial charge in [0.05, 0.1) is 18.6 Å². The van der Waals surface area contributed by atoms with Gasteiger partial charge in [-0.05, 0) is 73.9 Å². The summed E-state index contributed by atoms with van der Waals surface area (Å²) in [5, 5.41) is 2.88. The van der Waals surface area contributed by atoms with Crippen LogP contribution in [0, 0.1) is 5.92 Å². The third-order valence-corrected chi connectivity index (χ3v) is 9.58. The molecule has 7 rings (SSSR count). The van der Waals surface area contributed by atoms with E-state index in [0.29, 0.717) is 41.4 Å². The van der Waals surface area contributed by atoms with Gasteiger partial charge in [0, 0.05) is 63.0 Å². The van der Waals surface area contributed by atoms with Crippen LogP contribution in [0.4, 0.5) is 5.69 Å². The molecule has 0 spiro atoms. The summed E-state index contributed by atoms with van der Waals surface area (Å²) in [7, 11) is 0. The monoisotopic (exact) mass is 569 g/mol. The number of hydrogen-bond donors (Lipinski definition) is 1. The summed E-state index contributed by atoms with van der Waals surface area (Å²) in [5.74, 6) is -0.179. The van der Waals surface area contributed by atoms with E-state index in [-0.39, 0.29) is 35.7 Å². The molecule has 0 radical (unpaired) electrons. The fourth-order valence-electron chi connectivity index (χ4n) is 7.16. The summed E-state index contributed by atoms with van der Waals surface area (Å²) in [6.45, 7) is 5.29. The quantitative estimate of drug-likeness (QED) is 0.471. The van der Waals surface area contributed by atoms with Gasteiger partial charge in [-0.15, -0.1) is 0 Å². The molecule has 3 amide bonds. The number of likely N-dealkylation sites (tertiary alicyclic amines) is 1. The van der Waals surface area contributed by atoms with Gasteiger partial charge >= 0.3 is 0 Å². The van der Waals surface area contributed by atoms with Crippen molar-refractivity contribution >= 4 is 34.3 Å². The number of amides is 3. The maximum atomic E-state index is 13.1. The second-order valence-corrected chi connectivity index (χ2v) is 12.1. The van der Waals surface area contributed by atoms with Gasteiger partial charge in [-0.1, -0.05) is 12.1 Å². The smallest absolute Gasteiger partial charge is 0.261 e. The van der Waals surface area contributed by atoms with E-state index < -0.39 is 6.04 Å². The van der Waals surface area contributed by atoms with E-state index in [1.165, 1.54) is 0 Å². The Morgan fingerprint density at radius 1 is 0.952 bits per heavy atom. The molecule has 1 atom stereocenters. The molecule has 5 heterocycles. The maximum Gasteiger partial charge on any atom is 0.261 e. The van der Waals surface area contributed by atoms with Crippen LogP contribution < -0.4 is 15.8 Å². The van der Waals surface area contributed by atoms with Crippen molar-refractivity contribution in [1.29, 1.82) is 0 Å². The third kappa shape index (κ3) is 4.98. The van der Waals surface area contributed by atoms with Crippen molar-refractivity contribution in [2.75, 3.05) is 37.6 Å². The Hall–Kier alpha value is -4.05. The van der Waals surface area contributed by atoms with Gasteiger partial charge in [-0.25, -0.2) is 4.98 Å². The van der Waals surface area contributed by atoms with Gasteiger partial charge in [0.15, 0.2) is 0 Å². The zero-order valence-corrected chi connectivity index (χ0v) is 23.6. The number of nitrogens with zero attached hydrogens (tertiary/aromatic N) is 5. The van der Waals surface area contributed by atoms with Gasteiger partial charge in [0.1, 0.15) is 6.04 Å². The fourth-order valence-corrected chi connectivity index (χ4v) is 7.16. The second kappa shape index (κ2) is 11.0. The lowest BCUT2D eigenvalue weighted by molar-refractivity contribution is -0.136. The zero-order chi connectivity index (χ0) is 29.7. The highest BCUT2D eigenvalue weighted by atomic mass is 16.2. The molecule has 3 aromatic rings. The van der Waals surface area contributed by atoms with Gasteiger partial charge in [0.25, 0.3) is 11.5 Å². The number of carbonyl (C=O) groups is 3. The van der Waals surface area contributed by atoms with Crippen molar-refractivity contribution in [2.24, 2.45) is 5.92 Å². The summed E-state index contributed by atoms with van der Waals surface area (Å²) in [6, 6.07) is 10.9. The second-order valence-electron chi connectivity index (χ2n) is 12.1. The van der Waals surface area contributed by atoms with Crippen molar-refractivity contribution in [3.8, 4) is 0 Å². The molecule has 1 aromatic heterocycles. The lowest BCUT2D eigenvalue weighted by Gasteiger charge is -2.38. The molecule has 42 heavy (non-hydrogen) atoms. The minimum absolute atomic E-state index is 0.0514. The highest BCUT2D eigenvalue weighted by molar-refractivity contribution is 6.05. The number of nitrogens with one attached hydrogen (secondary N) is 1. The Morgan fingerprint density at radius 2 is 1.76 bits per heavy atom. The molecule has 1 unspecified atom stereocenters. The Morgan fingerprint density at radius 3 is 2.55 bits per heavy atom. The zero-order valence-electron chi connectivity index (χ0n) is 24.6. The topological polar surface area (TPSA) is 108 Å². The molecule has 10 heteroatoms. The van der Waals surface area contributed by atoms with Crippen LogP contribution in [0.25, 0.3) is 10.9 Å². The summed E-state index contributed by atoms with van der Waals surface area (Å²) in [4.78, 5) is 61.0. The molecule has 218 valence electrons. The first-order valence-corrected chi connectivity index (χ1v) is 15.1. The van der Waals surface area contributed by atoms with Crippen molar-refractivity contribution in [3.63, 3.8) is 0 Å². The minimum atomic E-state index is -0.594. The molecule has 3 saturated heterocycles. The number of benzene rings is 2. The predicted octanol–water partition coefficient (Wildman–Crippen LogP) is 2.71. The van der Waals surface area contributed by atoms with Gasteiger partial charge < -0.3 is 14.7 Å². The number of aromatic nitrogens is 2. The third-order valence-electron chi connectivity index (χ3n) is 9.58. The Kier molecular flexibility index (Phi) is 6.70. The summed E-state index contributed by atoms with van der Waals surface area (Å²) < 4.78 is 9.64. The number of carbonyl (C=O) groups excluding carboxylic acids is 3. The van der Waals surface area contributed by atoms with E-state index in [4.69, 9.17) is 1.37 Å². The van der Waals surface area contributed by atoms with Crippen LogP contribution in [-0.2, 0) is 16.1 Å². The maximum absolute atomic E-state index is 13.1. The highest BCUT2D eigenvalue weighted by Crippen LogP contribution is 2.32. The molecular formula is C32H36N6O4. The van der Waals surface area contributed by atoms with Crippen LogP contribution >= 0.6 is 0 Å². The first kappa shape index (κ1) is 25.6. The van der Waals surface area contributed by atoms with Crippen molar-refractivity contribution in [1.82, 2.24) is 24.7 Å². The van der Waals surface area contributed by atoms with E-state index >= 15 is 0 Å². The normalized spacial score (nSPS) is 22.9. The number of anilines is 1. The van der Waals surface area contributed by atoms with Crippen molar-refractivity contribution in [2.45, 2.75) is 57.2 Å². The number of piperidine rings is 3. The average Bonchev–Trinajstić information content (AvgIpc) is 3.33.